The molecule has 0 spiro atoms. The number of benzene rings is 1. The van der Waals surface area contributed by atoms with Gasteiger partial charge in [-0.05, 0) is 18.6 Å². The highest BCUT2D eigenvalue weighted by Crippen LogP contribution is 2.34. The predicted molar refractivity (Wildman–Crippen MR) is 73.9 cm³/mol. The van der Waals surface area contributed by atoms with E-state index in [9.17, 15) is 21.6 Å². The molecule has 0 bridgehead atoms. The molecule has 0 aliphatic rings. The van der Waals surface area contributed by atoms with Crippen molar-refractivity contribution in [2.24, 2.45) is 0 Å². The fourth-order valence-electron chi connectivity index (χ4n) is 1.91. The van der Waals surface area contributed by atoms with Crippen LogP contribution in [0, 0.1) is 0 Å². The molecule has 1 rings (SSSR count). The van der Waals surface area contributed by atoms with Gasteiger partial charge in [0.2, 0.25) is 0 Å². The minimum absolute atomic E-state index is 0.0645. The number of ether oxygens (including phenoxy) is 1. The van der Waals surface area contributed by atoms with Gasteiger partial charge >= 0.3 is 5.51 Å². The van der Waals surface area contributed by atoms with Crippen molar-refractivity contribution in [2.45, 2.75) is 36.2 Å². The summed E-state index contributed by atoms with van der Waals surface area (Å²) in [5, 5.41) is 2.82. The third-order valence-electron chi connectivity index (χ3n) is 2.85. The van der Waals surface area contributed by atoms with Crippen molar-refractivity contribution in [3.05, 3.63) is 24.3 Å². The Bertz CT molecular complexity index is 552. The normalized spacial score (nSPS) is 14.0. The lowest BCUT2D eigenvalue weighted by Crippen LogP contribution is -2.28. The summed E-state index contributed by atoms with van der Waals surface area (Å²) in [5.41, 5.74) is -5.39. The summed E-state index contributed by atoms with van der Waals surface area (Å²) >= 11 is 0. The number of sulfone groups is 1. The Hall–Kier alpha value is -1.28. The molecular formula is C13H18F3NO3S. The first-order valence-electron chi connectivity index (χ1n) is 6.40. The zero-order valence-electron chi connectivity index (χ0n) is 11.8. The van der Waals surface area contributed by atoms with E-state index in [1.54, 1.807) is 0 Å². The minimum atomic E-state index is -5.39. The second-order valence-electron chi connectivity index (χ2n) is 4.53. The smallest absolute Gasteiger partial charge is 0.383 e. The Morgan fingerprint density at radius 1 is 1.29 bits per heavy atom. The van der Waals surface area contributed by atoms with Crippen molar-refractivity contribution in [1.82, 2.24) is 0 Å². The SMILES string of the molecule is CCCC(COC)Nc1ccccc1S(=O)(=O)C(F)(F)F. The third-order valence-corrected chi connectivity index (χ3v) is 4.39. The first kappa shape index (κ1) is 17.8. The van der Waals surface area contributed by atoms with Gasteiger partial charge in [-0.3, -0.25) is 0 Å². The number of rotatable bonds is 7. The molecule has 0 aliphatic heterocycles. The van der Waals surface area contributed by atoms with E-state index in [1.165, 1.54) is 25.3 Å². The Kier molecular flexibility index (Phi) is 6.03. The molecule has 1 unspecified atom stereocenters. The molecule has 1 N–H and O–H groups in total. The fraction of sp³-hybridized carbons (Fsp3) is 0.538. The maximum Gasteiger partial charge on any atom is 0.501 e. The lowest BCUT2D eigenvalue weighted by atomic mass is 10.1. The Labute approximate surface area is 122 Å². The molecule has 4 nitrogen and oxygen atoms in total. The highest BCUT2D eigenvalue weighted by atomic mass is 32.2. The molecule has 0 radical (unpaired) electrons. The van der Waals surface area contributed by atoms with Crippen LogP contribution in [0.25, 0.3) is 0 Å². The summed E-state index contributed by atoms with van der Waals surface area (Å²) in [6.07, 6.45) is 1.43. The van der Waals surface area contributed by atoms with Gasteiger partial charge in [0, 0.05) is 13.2 Å². The van der Waals surface area contributed by atoms with Crippen LogP contribution in [0.2, 0.25) is 0 Å². The summed E-state index contributed by atoms with van der Waals surface area (Å²) in [5.74, 6) is 0. The van der Waals surface area contributed by atoms with Gasteiger partial charge in [0.1, 0.15) is 0 Å². The number of alkyl halides is 3. The van der Waals surface area contributed by atoms with Crippen LogP contribution in [0.5, 0.6) is 0 Å². The number of methoxy groups -OCH3 is 1. The Morgan fingerprint density at radius 3 is 2.43 bits per heavy atom. The molecule has 0 heterocycles. The second-order valence-corrected chi connectivity index (χ2v) is 6.44. The van der Waals surface area contributed by atoms with Crippen molar-refractivity contribution in [3.63, 3.8) is 0 Å². The van der Waals surface area contributed by atoms with E-state index in [2.05, 4.69) is 5.32 Å². The van der Waals surface area contributed by atoms with Crippen LogP contribution in [0.3, 0.4) is 0 Å². The highest BCUT2D eigenvalue weighted by Gasteiger charge is 2.48. The van der Waals surface area contributed by atoms with Crippen molar-refractivity contribution in [3.8, 4) is 0 Å². The van der Waals surface area contributed by atoms with Gasteiger partial charge in [0.25, 0.3) is 9.84 Å². The first-order valence-corrected chi connectivity index (χ1v) is 7.88. The van der Waals surface area contributed by atoms with Gasteiger partial charge in [-0.1, -0.05) is 25.5 Å². The average Bonchev–Trinajstić information content (AvgIpc) is 2.38. The average molecular weight is 325 g/mol. The summed E-state index contributed by atoms with van der Waals surface area (Å²) in [4.78, 5) is -0.769. The predicted octanol–water partition coefficient (Wildman–Crippen LogP) is 3.21. The topological polar surface area (TPSA) is 55.4 Å². The van der Waals surface area contributed by atoms with E-state index < -0.39 is 20.2 Å². The molecular weight excluding hydrogens is 307 g/mol. The lowest BCUT2D eigenvalue weighted by Gasteiger charge is -2.21. The van der Waals surface area contributed by atoms with Gasteiger partial charge in [-0.15, -0.1) is 0 Å². The van der Waals surface area contributed by atoms with E-state index in [0.29, 0.717) is 6.42 Å². The number of nitrogens with one attached hydrogen (secondary N) is 1. The Morgan fingerprint density at radius 2 is 1.90 bits per heavy atom. The molecule has 0 fully saturated rings. The minimum Gasteiger partial charge on any atom is -0.383 e. The van der Waals surface area contributed by atoms with E-state index in [0.717, 1.165) is 12.5 Å². The zero-order chi connectivity index (χ0) is 16.1. The van der Waals surface area contributed by atoms with Gasteiger partial charge < -0.3 is 10.1 Å². The van der Waals surface area contributed by atoms with Crippen LogP contribution in [0.15, 0.2) is 29.2 Å². The quantitative estimate of drug-likeness (QED) is 0.836. The van der Waals surface area contributed by atoms with Gasteiger partial charge in [0.05, 0.1) is 17.2 Å². The molecule has 120 valence electrons. The van der Waals surface area contributed by atoms with E-state index in [1.807, 2.05) is 6.92 Å². The van der Waals surface area contributed by atoms with Crippen LogP contribution < -0.4 is 5.32 Å². The zero-order valence-corrected chi connectivity index (χ0v) is 12.6. The van der Waals surface area contributed by atoms with E-state index >= 15 is 0 Å². The number of hydrogen-bond donors (Lipinski definition) is 1. The van der Waals surface area contributed by atoms with Gasteiger partial charge in [-0.2, -0.15) is 13.2 Å². The van der Waals surface area contributed by atoms with Crippen molar-refractivity contribution in [1.29, 1.82) is 0 Å². The van der Waals surface area contributed by atoms with Crippen molar-refractivity contribution >= 4 is 15.5 Å². The fourth-order valence-corrected chi connectivity index (χ4v) is 2.84. The van der Waals surface area contributed by atoms with E-state index in [4.69, 9.17) is 4.74 Å². The first-order chi connectivity index (χ1) is 9.74. The molecule has 1 aromatic carbocycles. The molecule has 21 heavy (non-hydrogen) atoms. The maximum absolute atomic E-state index is 12.7. The van der Waals surface area contributed by atoms with Crippen LogP contribution in [0.4, 0.5) is 18.9 Å². The monoisotopic (exact) mass is 325 g/mol. The van der Waals surface area contributed by atoms with Crippen molar-refractivity contribution in [2.75, 3.05) is 19.0 Å². The number of hydrogen-bond acceptors (Lipinski definition) is 4. The second kappa shape index (κ2) is 7.13. The summed E-state index contributed by atoms with van der Waals surface area (Å²) in [7, 11) is -3.91. The number of halogens is 3. The van der Waals surface area contributed by atoms with Crippen LogP contribution in [0.1, 0.15) is 19.8 Å². The van der Waals surface area contributed by atoms with E-state index in [-0.39, 0.29) is 18.3 Å². The molecule has 0 amide bonds. The summed E-state index contributed by atoms with van der Waals surface area (Å²) in [6, 6.07) is 4.74. The van der Waals surface area contributed by atoms with Crippen LogP contribution in [-0.4, -0.2) is 33.7 Å². The summed E-state index contributed by atoms with van der Waals surface area (Å²) in [6.45, 7) is 2.19. The number of anilines is 1. The van der Waals surface area contributed by atoms with Gasteiger partial charge in [0.15, 0.2) is 0 Å². The van der Waals surface area contributed by atoms with Gasteiger partial charge in [-0.25, -0.2) is 8.42 Å². The Balaban J connectivity index is 3.16. The molecule has 1 aromatic rings. The molecule has 8 heteroatoms. The number of para-hydroxylation sites is 1. The van der Waals surface area contributed by atoms with Crippen LogP contribution >= 0.6 is 0 Å². The highest BCUT2D eigenvalue weighted by molar-refractivity contribution is 7.92. The molecule has 0 aliphatic carbocycles. The molecule has 0 aromatic heterocycles. The summed E-state index contributed by atoms with van der Waals surface area (Å²) < 4.78 is 66.2. The largest absolute Gasteiger partial charge is 0.501 e. The third kappa shape index (κ3) is 4.34. The van der Waals surface area contributed by atoms with Crippen LogP contribution in [-0.2, 0) is 14.6 Å². The lowest BCUT2D eigenvalue weighted by molar-refractivity contribution is -0.0435. The van der Waals surface area contributed by atoms with Crippen molar-refractivity contribution < 1.29 is 26.3 Å². The standard InChI is InChI=1S/C13H18F3NO3S/c1-3-6-10(9-20-2)17-11-7-4-5-8-12(11)21(18,19)13(14,15)16/h4-5,7-8,10,17H,3,6,9H2,1-2H3. The molecule has 1 atom stereocenters. The maximum atomic E-state index is 12.7. The molecule has 0 saturated heterocycles. The molecule has 0 saturated carbocycles.